The number of carbonyl (C=O) groups is 1. The number of piperidine rings is 1. The number of benzene rings is 1. The first-order chi connectivity index (χ1) is 8.74. The van der Waals surface area contributed by atoms with E-state index in [0.29, 0.717) is 6.42 Å². The van der Waals surface area contributed by atoms with Crippen LogP contribution in [0.2, 0.25) is 0 Å². The average Bonchev–Trinajstić information content (AvgIpc) is 2.38. The smallest absolute Gasteiger partial charge is 0.306 e. The topological polar surface area (TPSA) is 30.7 Å². The molecule has 3 nitrogen and oxygen atoms in total. The minimum absolute atomic E-state index is 0. The van der Waals surface area contributed by atoms with Crippen LogP contribution in [0, 0.1) is 0 Å². The molecule has 0 spiro atoms. The van der Waals surface area contributed by atoms with Gasteiger partial charge in [-0.15, -0.1) is 0 Å². The van der Waals surface area contributed by atoms with Crippen molar-refractivity contribution >= 4 is 5.97 Å². The van der Waals surface area contributed by atoms with Gasteiger partial charge in [0.15, 0.2) is 6.10 Å². The molecular formula is C15H22ClNO2. The van der Waals surface area contributed by atoms with Gasteiger partial charge in [0.05, 0.1) is 13.6 Å². The van der Waals surface area contributed by atoms with Crippen LogP contribution in [0.3, 0.4) is 0 Å². The zero-order valence-electron chi connectivity index (χ0n) is 11.4. The van der Waals surface area contributed by atoms with Gasteiger partial charge in [-0.25, -0.2) is 0 Å². The number of carbonyl (C=O) groups excluding carboxylic acids is 1. The number of aryl methyl sites for hydroxylation is 1. The third kappa shape index (κ3) is 5.62. The molecule has 0 radical (unpaired) electrons. The Morgan fingerprint density at radius 3 is 2.79 bits per heavy atom. The van der Waals surface area contributed by atoms with Gasteiger partial charge < -0.3 is 22.0 Å². The molecule has 1 heterocycles. The van der Waals surface area contributed by atoms with Crippen LogP contribution >= 0.6 is 0 Å². The van der Waals surface area contributed by atoms with E-state index in [9.17, 15) is 4.79 Å². The highest BCUT2D eigenvalue weighted by Crippen LogP contribution is 2.07. The van der Waals surface area contributed by atoms with Gasteiger partial charge in [0, 0.05) is 12.8 Å². The van der Waals surface area contributed by atoms with Crippen molar-refractivity contribution in [1.82, 2.24) is 0 Å². The zero-order valence-corrected chi connectivity index (χ0v) is 12.2. The van der Waals surface area contributed by atoms with Crippen LogP contribution in [0.1, 0.15) is 24.8 Å². The van der Waals surface area contributed by atoms with E-state index >= 15 is 0 Å². The van der Waals surface area contributed by atoms with Gasteiger partial charge in [-0.2, -0.15) is 0 Å². The van der Waals surface area contributed by atoms with Crippen molar-refractivity contribution in [3.63, 3.8) is 0 Å². The second kappa shape index (κ2) is 8.18. The molecule has 1 aromatic rings. The minimum Gasteiger partial charge on any atom is -1.00 e. The normalized spacial score (nSPS) is 22.4. The van der Waals surface area contributed by atoms with Crippen molar-refractivity contribution in [1.29, 1.82) is 0 Å². The molecule has 4 heteroatoms. The van der Waals surface area contributed by atoms with Crippen molar-refractivity contribution in [3.05, 3.63) is 35.9 Å². The standard InChI is InChI=1S/C15H21NO2.ClH/c1-16-11-5-8-14(12-16)18-15(17)10-9-13-6-3-2-4-7-13;/h2-4,6-7,14H,5,8-12H2,1H3;1H. The molecule has 19 heavy (non-hydrogen) atoms. The minimum atomic E-state index is -0.0569. The average molecular weight is 284 g/mol. The molecule has 0 saturated carbocycles. The number of nitrogens with one attached hydrogen (secondary N) is 1. The first-order valence-corrected chi connectivity index (χ1v) is 6.79. The highest BCUT2D eigenvalue weighted by atomic mass is 35.5. The molecule has 0 aromatic heterocycles. The number of quaternary nitrogens is 1. The Kier molecular flexibility index (Phi) is 6.89. The maximum Gasteiger partial charge on any atom is 0.306 e. The number of hydrogen-bond donors (Lipinski definition) is 1. The summed E-state index contributed by atoms with van der Waals surface area (Å²) in [7, 11) is 2.16. The molecule has 1 N–H and O–H groups in total. The number of likely N-dealkylation sites (N-methyl/N-ethyl adjacent to an activating group) is 1. The quantitative estimate of drug-likeness (QED) is 0.639. The Hall–Kier alpha value is -1.06. The molecule has 1 aromatic carbocycles. The molecule has 2 atom stereocenters. The monoisotopic (exact) mass is 283 g/mol. The maximum absolute atomic E-state index is 11.8. The number of ether oxygens (including phenoxy) is 1. The summed E-state index contributed by atoms with van der Waals surface area (Å²) in [5.41, 5.74) is 1.20. The third-order valence-corrected chi connectivity index (χ3v) is 3.46. The van der Waals surface area contributed by atoms with Crippen molar-refractivity contribution in [2.75, 3.05) is 20.1 Å². The fourth-order valence-corrected chi connectivity index (χ4v) is 2.46. The summed E-state index contributed by atoms with van der Waals surface area (Å²) in [4.78, 5) is 13.2. The lowest BCUT2D eigenvalue weighted by Crippen LogP contribution is -3.11. The van der Waals surface area contributed by atoms with Crippen LogP contribution in [0.15, 0.2) is 30.3 Å². The molecule has 2 rings (SSSR count). The Labute approximate surface area is 121 Å². The fraction of sp³-hybridized carbons (Fsp3) is 0.533. The maximum atomic E-state index is 11.8. The van der Waals surface area contributed by atoms with Crippen molar-refractivity contribution < 1.29 is 26.8 Å². The molecule has 1 aliphatic rings. The van der Waals surface area contributed by atoms with Crippen LogP contribution in [0.4, 0.5) is 0 Å². The van der Waals surface area contributed by atoms with Gasteiger partial charge in [0.1, 0.15) is 6.54 Å². The van der Waals surface area contributed by atoms with E-state index in [1.54, 1.807) is 0 Å². The van der Waals surface area contributed by atoms with E-state index in [0.717, 1.165) is 25.8 Å². The second-order valence-corrected chi connectivity index (χ2v) is 5.15. The molecule has 0 aliphatic carbocycles. The predicted octanol–water partition coefficient (Wildman–Crippen LogP) is -2.16. The first kappa shape index (κ1) is 16.0. The van der Waals surface area contributed by atoms with Gasteiger partial charge >= 0.3 is 5.97 Å². The van der Waals surface area contributed by atoms with Crippen molar-refractivity contribution in [2.45, 2.75) is 31.8 Å². The molecule has 0 bridgehead atoms. The summed E-state index contributed by atoms with van der Waals surface area (Å²) in [5, 5.41) is 0. The Bertz CT molecular complexity index is 383. The molecule has 1 fully saturated rings. The van der Waals surface area contributed by atoms with Crippen LogP contribution in [-0.4, -0.2) is 32.2 Å². The lowest BCUT2D eigenvalue weighted by atomic mass is 10.1. The fourth-order valence-electron chi connectivity index (χ4n) is 2.46. The van der Waals surface area contributed by atoms with Crippen LogP contribution < -0.4 is 17.3 Å². The number of likely N-dealkylation sites (tertiary alicyclic amines) is 1. The third-order valence-electron chi connectivity index (χ3n) is 3.46. The lowest BCUT2D eigenvalue weighted by molar-refractivity contribution is -0.888. The van der Waals surface area contributed by atoms with Gasteiger partial charge in [-0.05, 0) is 18.4 Å². The van der Waals surface area contributed by atoms with E-state index in [-0.39, 0.29) is 24.5 Å². The largest absolute Gasteiger partial charge is 1.00 e. The highest BCUT2D eigenvalue weighted by Gasteiger charge is 2.23. The van der Waals surface area contributed by atoms with Gasteiger partial charge in [0.2, 0.25) is 0 Å². The van der Waals surface area contributed by atoms with Gasteiger partial charge in [-0.1, -0.05) is 30.3 Å². The summed E-state index contributed by atoms with van der Waals surface area (Å²) in [6.45, 7) is 2.15. The highest BCUT2D eigenvalue weighted by molar-refractivity contribution is 5.69. The van der Waals surface area contributed by atoms with Crippen LogP contribution in [-0.2, 0) is 16.0 Å². The second-order valence-electron chi connectivity index (χ2n) is 5.15. The Balaban J connectivity index is 0.00000180. The molecule has 1 saturated heterocycles. The number of esters is 1. The summed E-state index contributed by atoms with van der Waals surface area (Å²) in [6, 6.07) is 10.1. The Morgan fingerprint density at radius 2 is 2.11 bits per heavy atom. The molecule has 1 aliphatic heterocycles. The van der Waals surface area contributed by atoms with E-state index in [1.807, 2.05) is 30.3 Å². The van der Waals surface area contributed by atoms with Gasteiger partial charge in [-0.3, -0.25) is 4.79 Å². The molecule has 2 unspecified atom stereocenters. The zero-order chi connectivity index (χ0) is 12.8. The van der Waals surface area contributed by atoms with E-state index in [2.05, 4.69) is 7.05 Å². The lowest BCUT2D eigenvalue weighted by Gasteiger charge is -2.26. The van der Waals surface area contributed by atoms with Crippen LogP contribution in [0.5, 0.6) is 0 Å². The SMILES string of the molecule is C[NH+]1CCCC(OC(=O)CCc2ccccc2)C1.[Cl-]. The van der Waals surface area contributed by atoms with E-state index in [4.69, 9.17) is 4.74 Å². The summed E-state index contributed by atoms with van der Waals surface area (Å²) < 4.78 is 5.52. The number of halogens is 1. The molecular weight excluding hydrogens is 262 g/mol. The summed E-state index contributed by atoms with van der Waals surface area (Å²) in [6.07, 6.45) is 3.56. The first-order valence-electron chi connectivity index (χ1n) is 6.79. The Morgan fingerprint density at radius 1 is 1.37 bits per heavy atom. The molecule has 0 amide bonds. The summed E-state index contributed by atoms with van der Waals surface area (Å²) >= 11 is 0. The van der Waals surface area contributed by atoms with Crippen molar-refractivity contribution in [2.24, 2.45) is 0 Å². The summed E-state index contributed by atoms with van der Waals surface area (Å²) in [5.74, 6) is -0.0569. The van der Waals surface area contributed by atoms with Crippen molar-refractivity contribution in [3.8, 4) is 0 Å². The van der Waals surface area contributed by atoms with Gasteiger partial charge in [0.25, 0.3) is 0 Å². The van der Waals surface area contributed by atoms with E-state index < -0.39 is 0 Å². The number of rotatable bonds is 4. The molecule has 106 valence electrons. The number of hydrogen-bond acceptors (Lipinski definition) is 2. The van der Waals surface area contributed by atoms with E-state index in [1.165, 1.54) is 17.0 Å². The predicted molar refractivity (Wildman–Crippen MR) is 70.5 cm³/mol. The van der Waals surface area contributed by atoms with Crippen LogP contribution in [0.25, 0.3) is 0 Å².